The summed E-state index contributed by atoms with van der Waals surface area (Å²) in [6, 6.07) is 1.66. The van der Waals surface area contributed by atoms with Gasteiger partial charge in [-0.3, -0.25) is 4.79 Å². The molecule has 2 saturated carbocycles. The highest BCUT2D eigenvalue weighted by atomic mass is 16.6. The Morgan fingerprint density at radius 1 is 1.53 bits per heavy atom. The predicted molar refractivity (Wildman–Crippen MR) is 54.2 cm³/mol. The molecule has 1 heterocycles. The maximum atomic E-state index is 11.5. The van der Waals surface area contributed by atoms with E-state index in [0.717, 1.165) is 12.8 Å². The number of hydrogen-bond donors (Lipinski definition) is 0. The second-order valence-electron chi connectivity index (χ2n) is 4.86. The Morgan fingerprint density at radius 2 is 2.29 bits per heavy atom. The molecule has 2 bridgehead atoms. The van der Waals surface area contributed by atoms with Crippen molar-refractivity contribution in [1.82, 2.24) is 0 Å². The standard InChI is InChI=1S/C12H11NO4/c1-5(4-13)11(14)16-9-6-2-7-8(3-6)12(15)17-10(7)9/h6-10H,1-3H2. The lowest BCUT2D eigenvalue weighted by Gasteiger charge is -2.24. The van der Waals surface area contributed by atoms with Gasteiger partial charge in [0.25, 0.3) is 0 Å². The molecular weight excluding hydrogens is 222 g/mol. The van der Waals surface area contributed by atoms with Crippen LogP contribution in [0.25, 0.3) is 0 Å². The summed E-state index contributed by atoms with van der Waals surface area (Å²) < 4.78 is 10.5. The summed E-state index contributed by atoms with van der Waals surface area (Å²) in [5.74, 6) is -0.485. The first kappa shape index (κ1) is 10.3. The molecule has 0 aromatic rings. The van der Waals surface area contributed by atoms with Crippen molar-refractivity contribution in [2.45, 2.75) is 25.0 Å². The van der Waals surface area contributed by atoms with Crippen LogP contribution in [-0.4, -0.2) is 24.1 Å². The monoisotopic (exact) mass is 233 g/mol. The fraction of sp³-hybridized carbons (Fsp3) is 0.583. The maximum absolute atomic E-state index is 11.5. The summed E-state index contributed by atoms with van der Waals surface area (Å²) in [7, 11) is 0. The van der Waals surface area contributed by atoms with Gasteiger partial charge in [-0.25, -0.2) is 4.79 Å². The quantitative estimate of drug-likeness (QED) is 0.395. The Morgan fingerprint density at radius 3 is 3.00 bits per heavy atom. The van der Waals surface area contributed by atoms with Gasteiger partial charge in [0.05, 0.1) is 5.92 Å². The van der Waals surface area contributed by atoms with Crippen molar-refractivity contribution in [3.05, 3.63) is 12.2 Å². The average Bonchev–Trinajstić information content (AvgIpc) is 2.92. The third kappa shape index (κ3) is 1.30. The highest BCUT2D eigenvalue weighted by Gasteiger charge is 2.63. The van der Waals surface area contributed by atoms with E-state index in [1.807, 2.05) is 0 Å². The van der Waals surface area contributed by atoms with Crippen LogP contribution in [0.15, 0.2) is 12.2 Å². The molecule has 1 saturated heterocycles. The van der Waals surface area contributed by atoms with Gasteiger partial charge in [-0.15, -0.1) is 0 Å². The molecule has 5 unspecified atom stereocenters. The molecule has 0 amide bonds. The van der Waals surface area contributed by atoms with E-state index >= 15 is 0 Å². The number of rotatable bonds is 2. The Hall–Kier alpha value is -1.83. The summed E-state index contributed by atoms with van der Waals surface area (Å²) in [5, 5.41) is 8.55. The molecule has 1 aliphatic heterocycles. The molecule has 0 spiro atoms. The SMILES string of the molecule is C=C(C#N)C(=O)OC1C2CC3C(=O)OC1C3C2. The van der Waals surface area contributed by atoms with Crippen molar-refractivity contribution < 1.29 is 19.1 Å². The molecule has 5 atom stereocenters. The highest BCUT2D eigenvalue weighted by molar-refractivity contribution is 5.92. The Kier molecular flexibility index (Phi) is 2.02. The first-order chi connectivity index (χ1) is 8.11. The smallest absolute Gasteiger partial charge is 0.348 e. The van der Waals surface area contributed by atoms with Crippen molar-refractivity contribution in [2.75, 3.05) is 0 Å². The topological polar surface area (TPSA) is 76.4 Å². The molecule has 88 valence electrons. The molecule has 5 nitrogen and oxygen atoms in total. The van der Waals surface area contributed by atoms with Crippen LogP contribution in [0.5, 0.6) is 0 Å². The number of hydrogen-bond acceptors (Lipinski definition) is 5. The van der Waals surface area contributed by atoms with Gasteiger partial charge in [0.2, 0.25) is 0 Å². The predicted octanol–water partition coefficient (Wildman–Crippen LogP) is 0.559. The van der Waals surface area contributed by atoms with E-state index < -0.39 is 5.97 Å². The first-order valence-electron chi connectivity index (χ1n) is 5.62. The Labute approximate surface area is 98.0 Å². The normalized spacial score (nSPS) is 40.9. The van der Waals surface area contributed by atoms with Crippen molar-refractivity contribution in [2.24, 2.45) is 17.8 Å². The summed E-state index contributed by atoms with van der Waals surface area (Å²) in [4.78, 5) is 23.0. The number of carbonyl (C=O) groups is 2. The maximum Gasteiger partial charge on any atom is 0.348 e. The van der Waals surface area contributed by atoms with Crippen LogP contribution in [0.1, 0.15) is 12.8 Å². The summed E-state index contributed by atoms with van der Waals surface area (Å²) in [5.41, 5.74) is -0.214. The number of carbonyl (C=O) groups excluding carboxylic acids is 2. The van der Waals surface area contributed by atoms with Crippen LogP contribution in [0.2, 0.25) is 0 Å². The van der Waals surface area contributed by atoms with Crippen LogP contribution in [-0.2, 0) is 19.1 Å². The highest BCUT2D eigenvalue weighted by Crippen LogP contribution is 2.55. The number of nitrogens with zero attached hydrogens (tertiary/aromatic N) is 1. The molecule has 3 aliphatic rings. The van der Waals surface area contributed by atoms with E-state index in [0.29, 0.717) is 0 Å². The van der Waals surface area contributed by atoms with Crippen molar-refractivity contribution in [1.29, 1.82) is 5.26 Å². The van der Waals surface area contributed by atoms with E-state index in [1.165, 1.54) is 0 Å². The minimum absolute atomic E-state index is 0.000814. The van der Waals surface area contributed by atoms with Crippen molar-refractivity contribution >= 4 is 11.9 Å². The first-order valence-corrected chi connectivity index (χ1v) is 5.62. The molecular formula is C12H11NO4. The van der Waals surface area contributed by atoms with Gasteiger partial charge in [0.1, 0.15) is 23.9 Å². The number of esters is 2. The molecule has 17 heavy (non-hydrogen) atoms. The van der Waals surface area contributed by atoms with Gasteiger partial charge in [0.15, 0.2) is 0 Å². The van der Waals surface area contributed by atoms with Gasteiger partial charge < -0.3 is 9.47 Å². The molecule has 2 aliphatic carbocycles. The second kappa shape index (κ2) is 3.33. The molecule has 0 aromatic carbocycles. The third-order valence-electron chi connectivity index (χ3n) is 4.04. The zero-order chi connectivity index (χ0) is 12.2. The van der Waals surface area contributed by atoms with Crippen molar-refractivity contribution in [3.8, 4) is 6.07 Å². The second-order valence-corrected chi connectivity index (χ2v) is 4.86. The molecule has 0 N–H and O–H groups in total. The van der Waals surface area contributed by atoms with Crippen LogP contribution in [0.4, 0.5) is 0 Å². The minimum atomic E-state index is -0.704. The lowest BCUT2D eigenvalue weighted by Crippen LogP contribution is -2.36. The molecule has 3 rings (SSSR count). The van der Waals surface area contributed by atoms with Gasteiger partial charge in [0, 0.05) is 11.8 Å². The number of ether oxygens (including phenoxy) is 2. The summed E-state index contributed by atoms with van der Waals surface area (Å²) >= 11 is 0. The largest absolute Gasteiger partial charge is 0.458 e. The third-order valence-corrected chi connectivity index (χ3v) is 4.04. The Bertz CT molecular complexity index is 464. The van der Waals surface area contributed by atoms with Crippen LogP contribution in [0, 0.1) is 29.1 Å². The van der Waals surface area contributed by atoms with Crippen LogP contribution in [0.3, 0.4) is 0 Å². The van der Waals surface area contributed by atoms with E-state index in [2.05, 4.69) is 6.58 Å². The van der Waals surface area contributed by atoms with E-state index in [-0.39, 0.29) is 41.5 Å². The summed E-state index contributed by atoms with van der Waals surface area (Å²) in [6.45, 7) is 3.31. The van der Waals surface area contributed by atoms with E-state index in [1.54, 1.807) is 6.07 Å². The minimum Gasteiger partial charge on any atom is -0.458 e. The zero-order valence-electron chi connectivity index (χ0n) is 9.09. The average molecular weight is 233 g/mol. The zero-order valence-corrected chi connectivity index (χ0v) is 9.09. The van der Waals surface area contributed by atoms with Crippen LogP contribution < -0.4 is 0 Å². The van der Waals surface area contributed by atoms with Gasteiger partial charge in [-0.1, -0.05) is 6.58 Å². The lowest BCUT2D eigenvalue weighted by atomic mass is 9.88. The molecule has 3 fully saturated rings. The molecule has 5 heteroatoms. The van der Waals surface area contributed by atoms with Gasteiger partial charge >= 0.3 is 11.9 Å². The summed E-state index contributed by atoms with van der Waals surface area (Å²) in [6.07, 6.45) is 0.914. The fourth-order valence-corrected chi connectivity index (χ4v) is 3.30. The molecule has 0 radical (unpaired) electrons. The number of nitriles is 1. The molecule has 0 aromatic heterocycles. The van der Waals surface area contributed by atoms with Gasteiger partial charge in [-0.2, -0.15) is 5.26 Å². The van der Waals surface area contributed by atoms with Crippen molar-refractivity contribution in [3.63, 3.8) is 0 Å². The Balaban J connectivity index is 1.75. The van der Waals surface area contributed by atoms with E-state index in [4.69, 9.17) is 14.7 Å². The fourth-order valence-electron chi connectivity index (χ4n) is 3.30. The lowest BCUT2D eigenvalue weighted by molar-refractivity contribution is -0.157. The van der Waals surface area contributed by atoms with E-state index in [9.17, 15) is 9.59 Å². The number of fused-ring (bicyclic) bond motifs is 1. The van der Waals surface area contributed by atoms with Crippen LogP contribution >= 0.6 is 0 Å². The van der Waals surface area contributed by atoms with Gasteiger partial charge in [-0.05, 0) is 12.8 Å².